The van der Waals surface area contributed by atoms with Gasteiger partial charge in [0.05, 0.1) is 5.92 Å². The van der Waals surface area contributed by atoms with E-state index in [0.717, 1.165) is 0 Å². The summed E-state index contributed by atoms with van der Waals surface area (Å²) in [6.45, 7) is 11.6. The first kappa shape index (κ1) is 17.8. The lowest BCUT2D eigenvalue weighted by molar-refractivity contribution is -0.161. The van der Waals surface area contributed by atoms with Crippen LogP contribution in [0.3, 0.4) is 0 Å². The van der Waals surface area contributed by atoms with Crippen LogP contribution in [0.15, 0.2) is 0 Å². The first-order chi connectivity index (χ1) is 9.37. The van der Waals surface area contributed by atoms with Crippen molar-refractivity contribution in [2.75, 3.05) is 13.1 Å². The van der Waals surface area contributed by atoms with Crippen LogP contribution in [-0.4, -0.2) is 47.3 Å². The molecule has 122 valence electrons. The SMILES string of the molecule is CC(C)(C)OC(=O)[C@H]1C[C@H](N)CN(C(=O)OC(C)(C)C)C1. The summed E-state index contributed by atoms with van der Waals surface area (Å²) in [5, 5.41) is 0. The zero-order valence-electron chi connectivity index (χ0n) is 13.9. The second kappa shape index (κ2) is 6.22. The molecule has 0 radical (unpaired) electrons. The molecular formula is C15H28N2O4. The van der Waals surface area contributed by atoms with Crippen molar-refractivity contribution in [2.24, 2.45) is 11.7 Å². The van der Waals surface area contributed by atoms with Crippen LogP contribution < -0.4 is 5.73 Å². The summed E-state index contributed by atoms with van der Waals surface area (Å²) in [6.07, 6.45) is 0.0833. The molecule has 0 bridgehead atoms. The number of carbonyl (C=O) groups excluding carboxylic acids is 2. The zero-order valence-corrected chi connectivity index (χ0v) is 13.9. The molecule has 2 atom stereocenters. The molecule has 1 heterocycles. The number of nitrogens with two attached hydrogens (primary N) is 1. The number of rotatable bonds is 1. The van der Waals surface area contributed by atoms with Gasteiger partial charge in [-0.15, -0.1) is 0 Å². The van der Waals surface area contributed by atoms with Crippen LogP contribution in [-0.2, 0) is 14.3 Å². The fraction of sp³-hybridized carbons (Fsp3) is 0.867. The standard InChI is InChI=1S/C15H28N2O4/c1-14(2,3)20-12(18)10-7-11(16)9-17(8-10)13(19)21-15(4,5)6/h10-11H,7-9,16H2,1-6H3/t10-,11-/m0/s1. The third-order valence-electron chi connectivity index (χ3n) is 2.87. The van der Waals surface area contributed by atoms with Crippen LogP contribution in [0.25, 0.3) is 0 Å². The molecular weight excluding hydrogens is 272 g/mol. The third-order valence-corrected chi connectivity index (χ3v) is 2.87. The second-order valence-electron chi connectivity index (χ2n) is 7.61. The van der Waals surface area contributed by atoms with Crippen molar-refractivity contribution < 1.29 is 19.1 Å². The van der Waals surface area contributed by atoms with E-state index in [4.69, 9.17) is 15.2 Å². The number of ether oxygens (including phenoxy) is 2. The van der Waals surface area contributed by atoms with Crippen LogP contribution in [0.1, 0.15) is 48.0 Å². The Bertz CT molecular complexity index is 359. The van der Waals surface area contributed by atoms with E-state index < -0.39 is 23.2 Å². The average molecular weight is 300 g/mol. The predicted octanol–water partition coefficient (Wildman–Crippen LogP) is 1.91. The number of hydrogen-bond donors (Lipinski definition) is 1. The topological polar surface area (TPSA) is 81.9 Å². The number of amides is 1. The molecule has 0 spiro atoms. The van der Waals surface area contributed by atoms with Crippen LogP contribution in [0, 0.1) is 5.92 Å². The van der Waals surface area contributed by atoms with Crippen molar-refractivity contribution in [3.8, 4) is 0 Å². The van der Waals surface area contributed by atoms with E-state index >= 15 is 0 Å². The van der Waals surface area contributed by atoms with Gasteiger partial charge in [-0.05, 0) is 48.0 Å². The van der Waals surface area contributed by atoms with Crippen molar-refractivity contribution in [2.45, 2.75) is 65.2 Å². The lowest BCUT2D eigenvalue weighted by atomic mass is 9.95. The zero-order chi connectivity index (χ0) is 16.4. The van der Waals surface area contributed by atoms with E-state index in [9.17, 15) is 9.59 Å². The van der Waals surface area contributed by atoms with Gasteiger partial charge >= 0.3 is 12.1 Å². The van der Waals surface area contributed by atoms with Crippen molar-refractivity contribution in [1.29, 1.82) is 0 Å². The Labute approximate surface area is 126 Å². The molecule has 0 saturated carbocycles. The van der Waals surface area contributed by atoms with Gasteiger partial charge in [-0.25, -0.2) is 4.79 Å². The quantitative estimate of drug-likeness (QED) is 0.748. The van der Waals surface area contributed by atoms with E-state index in [1.165, 1.54) is 4.90 Å². The maximum absolute atomic E-state index is 12.2. The van der Waals surface area contributed by atoms with E-state index in [0.29, 0.717) is 13.0 Å². The average Bonchev–Trinajstić information content (AvgIpc) is 2.23. The molecule has 1 amide bonds. The lowest BCUT2D eigenvalue weighted by Gasteiger charge is -2.36. The Hall–Kier alpha value is -1.30. The summed E-state index contributed by atoms with van der Waals surface area (Å²) in [6, 6.07) is -0.246. The van der Waals surface area contributed by atoms with Crippen LogP contribution in [0.4, 0.5) is 4.79 Å². The van der Waals surface area contributed by atoms with E-state index in [1.807, 2.05) is 20.8 Å². The molecule has 6 heteroatoms. The van der Waals surface area contributed by atoms with Gasteiger partial charge < -0.3 is 20.1 Å². The Balaban J connectivity index is 2.70. The summed E-state index contributed by atoms with van der Waals surface area (Å²) in [4.78, 5) is 25.8. The van der Waals surface area contributed by atoms with Crippen molar-refractivity contribution in [1.82, 2.24) is 4.90 Å². The lowest BCUT2D eigenvalue weighted by Crippen LogP contribution is -2.53. The number of piperidine rings is 1. The van der Waals surface area contributed by atoms with Gasteiger partial charge in [0, 0.05) is 19.1 Å². The largest absolute Gasteiger partial charge is 0.460 e. The van der Waals surface area contributed by atoms with E-state index in [1.54, 1.807) is 20.8 Å². The summed E-state index contributed by atoms with van der Waals surface area (Å²) in [5.74, 6) is -0.716. The third kappa shape index (κ3) is 6.33. The minimum absolute atomic E-state index is 0.246. The number of hydrogen-bond acceptors (Lipinski definition) is 5. The number of nitrogens with zero attached hydrogens (tertiary/aromatic N) is 1. The van der Waals surface area contributed by atoms with Gasteiger partial charge in [-0.1, -0.05) is 0 Å². The maximum Gasteiger partial charge on any atom is 0.410 e. The summed E-state index contributed by atoms with van der Waals surface area (Å²) >= 11 is 0. The molecule has 1 aliphatic rings. The minimum Gasteiger partial charge on any atom is -0.460 e. The molecule has 21 heavy (non-hydrogen) atoms. The Kier molecular flexibility index (Phi) is 5.25. The molecule has 1 saturated heterocycles. The summed E-state index contributed by atoms with van der Waals surface area (Å²) in [5.41, 5.74) is 4.85. The molecule has 0 aromatic rings. The predicted molar refractivity (Wildman–Crippen MR) is 79.7 cm³/mol. The highest BCUT2D eigenvalue weighted by atomic mass is 16.6. The Morgan fingerprint density at radius 1 is 1.00 bits per heavy atom. The molecule has 0 unspecified atom stereocenters. The molecule has 2 N–H and O–H groups in total. The summed E-state index contributed by atoms with van der Waals surface area (Å²) in [7, 11) is 0. The molecule has 1 aliphatic heterocycles. The monoisotopic (exact) mass is 300 g/mol. The van der Waals surface area contributed by atoms with Gasteiger partial charge in [-0.3, -0.25) is 4.79 Å². The van der Waals surface area contributed by atoms with Gasteiger partial charge in [0.15, 0.2) is 0 Å². The highest BCUT2D eigenvalue weighted by Crippen LogP contribution is 2.22. The van der Waals surface area contributed by atoms with Crippen LogP contribution in [0.2, 0.25) is 0 Å². The fourth-order valence-corrected chi connectivity index (χ4v) is 2.17. The number of carbonyl (C=O) groups is 2. The molecule has 0 aromatic heterocycles. The highest BCUT2D eigenvalue weighted by Gasteiger charge is 2.36. The van der Waals surface area contributed by atoms with Crippen LogP contribution in [0.5, 0.6) is 0 Å². The Morgan fingerprint density at radius 3 is 2.00 bits per heavy atom. The van der Waals surface area contributed by atoms with Gasteiger partial charge in [-0.2, -0.15) is 0 Å². The van der Waals surface area contributed by atoms with Gasteiger partial charge in [0.1, 0.15) is 11.2 Å². The first-order valence-corrected chi connectivity index (χ1v) is 7.34. The van der Waals surface area contributed by atoms with E-state index in [-0.39, 0.29) is 18.6 Å². The number of likely N-dealkylation sites (tertiary alicyclic amines) is 1. The van der Waals surface area contributed by atoms with Gasteiger partial charge in [0.25, 0.3) is 0 Å². The molecule has 0 aromatic carbocycles. The molecule has 1 rings (SSSR count). The minimum atomic E-state index is -0.569. The molecule has 0 aliphatic carbocycles. The summed E-state index contributed by atoms with van der Waals surface area (Å²) < 4.78 is 10.7. The normalized spacial score (nSPS) is 23.7. The first-order valence-electron chi connectivity index (χ1n) is 7.34. The van der Waals surface area contributed by atoms with E-state index in [2.05, 4.69) is 0 Å². The smallest absolute Gasteiger partial charge is 0.410 e. The fourth-order valence-electron chi connectivity index (χ4n) is 2.17. The maximum atomic E-state index is 12.2. The van der Waals surface area contributed by atoms with Crippen molar-refractivity contribution in [3.05, 3.63) is 0 Å². The van der Waals surface area contributed by atoms with Crippen molar-refractivity contribution in [3.63, 3.8) is 0 Å². The van der Waals surface area contributed by atoms with Crippen LogP contribution >= 0.6 is 0 Å². The second-order valence-corrected chi connectivity index (χ2v) is 7.61. The molecule has 1 fully saturated rings. The van der Waals surface area contributed by atoms with Crippen molar-refractivity contribution >= 4 is 12.1 Å². The Morgan fingerprint density at radius 2 is 1.52 bits per heavy atom. The highest BCUT2D eigenvalue weighted by molar-refractivity contribution is 5.75. The molecule has 6 nitrogen and oxygen atoms in total. The van der Waals surface area contributed by atoms with Gasteiger partial charge in [0.2, 0.25) is 0 Å². The number of esters is 1.